The van der Waals surface area contributed by atoms with E-state index in [4.69, 9.17) is 15.5 Å². The second kappa shape index (κ2) is 15.5. The van der Waals surface area contributed by atoms with Gasteiger partial charge >= 0.3 is 0 Å². The van der Waals surface area contributed by atoms with E-state index < -0.39 is 21.4 Å². The van der Waals surface area contributed by atoms with Gasteiger partial charge in [-0.15, -0.1) is 0 Å². The number of benzene rings is 1. The molecule has 0 unspecified atom stereocenters. The predicted molar refractivity (Wildman–Crippen MR) is 170 cm³/mol. The first kappa shape index (κ1) is 33.5. The maximum Gasteiger partial charge on any atom is 0.269 e. The number of amides is 1. The van der Waals surface area contributed by atoms with Crippen LogP contribution >= 0.6 is 0 Å². The van der Waals surface area contributed by atoms with Gasteiger partial charge in [0.25, 0.3) is 10.1 Å². The zero-order valence-corrected chi connectivity index (χ0v) is 26.3. The number of carbonyl (C=O) groups is 1. The molecule has 0 atom stereocenters. The lowest BCUT2D eigenvalue weighted by molar-refractivity contribution is -0.651. The highest BCUT2D eigenvalue weighted by atomic mass is 32.2. The third-order valence-electron chi connectivity index (χ3n) is 7.42. The number of quaternary nitrogens is 1. The quantitative estimate of drug-likeness (QED) is 0.145. The summed E-state index contributed by atoms with van der Waals surface area (Å²) in [6.07, 6.45) is 12.9. The van der Waals surface area contributed by atoms with Crippen LogP contribution < -0.4 is 26.0 Å². The van der Waals surface area contributed by atoms with E-state index in [2.05, 4.69) is 55.4 Å². The Morgan fingerprint density at radius 3 is 2.69 bits per heavy atom. The van der Waals surface area contributed by atoms with Crippen molar-refractivity contribution in [3.63, 3.8) is 0 Å². The lowest BCUT2D eigenvalue weighted by atomic mass is 9.87. The fraction of sp³-hybridized carbons (Fsp3) is 0.548. The molecule has 0 aromatic heterocycles. The predicted octanol–water partition coefficient (Wildman–Crippen LogP) is 3.48. The van der Waals surface area contributed by atoms with E-state index in [-0.39, 0.29) is 0 Å². The highest BCUT2D eigenvalue weighted by Crippen LogP contribution is 2.47. The molecule has 0 radical (unpaired) electrons. The molecule has 3 aliphatic rings. The van der Waals surface area contributed by atoms with Crippen LogP contribution in [0.25, 0.3) is 5.57 Å². The number of nitrogens with one attached hydrogen (secondary N) is 1. The molecule has 0 fully saturated rings. The number of unbranched alkanes of at least 4 members (excludes halogenated alkanes) is 1. The van der Waals surface area contributed by atoms with E-state index in [1.807, 2.05) is 18.2 Å². The van der Waals surface area contributed by atoms with Gasteiger partial charge in [-0.2, -0.15) is 8.42 Å². The van der Waals surface area contributed by atoms with E-state index in [1.165, 1.54) is 5.57 Å². The largest absolute Gasteiger partial charge is 0.453 e. The number of nitrogens with zero attached hydrogens (tertiary/aromatic N) is 2. The number of aliphatic imine (C=N–C) groups is 1. The molecule has 1 aromatic rings. The smallest absolute Gasteiger partial charge is 0.269 e. The van der Waals surface area contributed by atoms with Crippen LogP contribution in [0.1, 0.15) is 71.8 Å². The van der Waals surface area contributed by atoms with Crippen molar-refractivity contribution in [1.82, 2.24) is 5.32 Å². The van der Waals surface area contributed by atoms with Gasteiger partial charge in [0, 0.05) is 36.8 Å². The van der Waals surface area contributed by atoms with Crippen LogP contribution in [0.2, 0.25) is 0 Å². The van der Waals surface area contributed by atoms with Gasteiger partial charge in [0.1, 0.15) is 22.9 Å². The first-order valence-electron chi connectivity index (χ1n) is 15.0. The Labute approximate surface area is 250 Å². The summed E-state index contributed by atoms with van der Waals surface area (Å²) in [7, 11) is -4.19. The number of allylic oxidation sites excluding steroid dienone is 3. The number of hydrogen-bond donors (Lipinski definition) is 4. The maximum atomic E-state index is 11.8. The molecule has 0 bridgehead atoms. The number of rotatable bonds is 14. The Bertz CT molecular complexity index is 1330. The van der Waals surface area contributed by atoms with Gasteiger partial charge in [0.2, 0.25) is 6.41 Å². The van der Waals surface area contributed by atoms with E-state index in [9.17, 15) is 17.8 Å². The van der Waals surface area contributed by atoms with Crippen molar-refractivity contribution >= 4 is 39.2 Å². The molecular formula is C31H48N5O5S+. The minimum absolute atomic E-state index is 0.406. The average Bonchev–Trinajstić information content (AvgIpc) is 2.93. The van der Waals surface area contributed by atoms with Crippen molar-refractivity contribution in [2.75, 3.05) is 43.4 Å². The number of carbonyl (C=O) groups excluding carboxylic acids is 1. The Morgan fingerprint density at radius 1 is 1.24 bits per heavy atom. The van der Waals surface area contributed by atoms with E-state index in [0.717, 1.165) is 80.9 Å². The first-order chi connectivity index (χ1) is 20.0. The zero-order chi connectivity index (χ0) is 30.8. The van der Waals surface area contributed by atoms with Gasteiger partial charge in [-0.25, -0.2) is 4.99 Å². The molecule has 1 amide bonds. The molecule has 2 heterocycles. The minimum atomic E-state index is -4.19. The summed E-state index contributed by atoms with van der Waals surface area (Å²) < 4.78 is 39.7. The van der Waals surface area contributed by atoms with Gasteiger partial charge in [-0.1, -0.05) is 25.0 Å². The highest BCUT2D eigenvalue weighted by Gasteiger charge is 2.35. The maximum absolute atomic E-state index is 11.8. The Morgan fingerprint density at radius 2 is 2.02 bits per heavy atom. The normalized spacial score (nSPS) is 16.7. The molecule has 1 aromatic carbocycles. The standard InChI is InChI=1S/C27H37N3O4S.C4H10N2O/c1-5-7-13-30-24-16-26-23(15-21(24)20(17-27(30,3)4)18-35(31,32)33)29-22-14-19(9-8-12-28-6-2)10-11-25(22)34-26;5-2-1-3-6-4-7/h11,14-17,28H,5-10,12-13,18H2,1-4H3,(H,31,32,33);4H,1-3,5H2,(H,6,7)/p+1. The summed E-state index contributed by atoms with van der Waals surface area (Å²) in [5, 5.41) is 4.80. The molecule has 232 valence electrons. The third kappa shape index (κ3) is 9.26. The van der Waals surface area contributed by atoms with Gasteiger partial charge in [-0.3, -0.25) is 9.35 Å². The molecule has 2 aliphatic heterocycles. The Hall–Kier alpha value is -2.99. The summed E-state index contributed by atoms with van der Waals surface area (Å²) in [5.41, 5.74) is 9.85. The molecular weight excluding hydrogens is 554 g/mol. The van der Waals surface area contributed by atoms with Gasteiger partial charge < -0.3 is 26.0 Å². The fourth-order valence-electron chi connectivity index (χ4n) is 5.34. The van der Waals surface area contributed by atoms with Crippen molar-refractivity contribution in [3.05, 3.63) is 47.3 Å². The van der Waals surface area contributed by atoms with Crippen LogP contribution in [0.5, 0.6) is 5.75 Å². The molecule has 42 heavy (non-hydrogen) atoms. The molecule has 0 saturated carbocycles. The monoisotopic (exact) mass is 602 g/mol. The van der Waals surface area contributed by atoms with E-state index in [1.54, 1.807) is 0 Å². The van der Waals surface area contributed by atoms with E-state index in [0.29, 0.717) is 36.5 Å². The summed E-state index contributed by atoms with van der Waals surface area (Å²) in [6.45, 7) is 12.9. The molecule has 1 aliphatic carbocycles. The molecule has 6 N–H and O–H groups in total. The van der Waals surface area contributed by atoms with Crippen LogP contribution in [0.4, 0.5) is 11.4 Å². The number of anilines is 1. The zero-order valence-electron chi connectivity index (χ0n) is 25.5. The molecule has 4 rings (SSSR count). The Balaban J connectivity index is 0.000000616. The number of fused-ring (bicyclic) bond motifs is 3. The van der Waals surface area contributed by atoms with Gasteiger partial charge in [-0.05, 0) is 76.8 Å². The second-order valence-corrected chi connectivity index (χ2v) is 12.8. The van der Waals surface area contributed by atoms with Crippen LogP contribution in [0.15, 0.2) is 46.7 Å². The lowest BCUT2D eigenvalue weighted by Gasteiger charge is -2.44. The molecule has 11 heteroatoms. The lowest BCUT2D eigenvalue weighted by Crippen LogP contribution is -2.83. The topological polar surface area (TPSA) is 151 Å². The first-order valence-corrected chi connectivity index (χ1v) is 16.6. The number of hydrogen-bond acceptors (Lipinski definition) is 7. The Kier molecular flexibility index (Phi) is 12.3. The van der Waals surface area contributed by atoms with Crippen LogP contribution in [-0.4, -0.2) is 69.1 Å². The van der Waals surface area contributed by atoms with E-state index >= 15 is 0 Å². The number of ether oxygens (including phenoxy) is 1. The summed E-state index contributed by atoms with van der Waals surface area (Å²) >= 11 is 0. The average molecular weight is 603 g/mol. The second-order valence-electron chi connectivity index (χ2n) is 11.4. The SMILES string of the molecule is CCCCN1c2cc3c(cc2C(CS(=O)(=O)O)=CC1(C)C)N=C1C=C(CCC[NH2+]CC)CC=C1O3.NCCCNC=O. The number of nitrogens with two attached hydrogens (primary N) is 2. The van der Waals surface area contributed by atoms with Crippen molar-refractivity contribution in [2.45, 2.75) is 71.8 Å². The molecule has 0 saturated heterocycles. The van der Waals surface area contributed by atoms with Crippen molar-refractivity contribution < 1.29 is 27.8 Å². The van der Waals surface area contributed by atoms with Crippen molar-refractivity contribution in [1.29, 1.82) is 0 Å². The van der Waals surface area contributed by atoms with Crippen LogP contribution in [-0.2, 0) is 14.9 Å². The van der Waals surface area contributed by atoms with Crippen molar-refractivity contribution in [3.8, 4) is 5.75 Å². The van der Waals surface area contributed by atoms with Crippen LogP contribution in [0.3, 0.4) is 0 Å². The van der Waals surface area contributed by atoms with Crippen molar-refractivity contribution in [2.24, 2.45) is 10.7 Å². The third-order valence-corrected chi connectivity index (χ3v) is 8.09. The van der Waals surface area contributed by atoms with Gasteiger partial charge in [0.15, 0.2) is 5.75 Å². The summed E-state index contributed by atoms with van der Waals surface area (Å²) in [5.74, 6) is 1.04. The molecule has 10 nitrogen and oxygen atoms in total. The van der Waals surface area contributed by atoms with Crippen LogP contribution in [0, 0.1) is 0 Å². The summed E-state index contributed by atoms with van der Waals surface area (Å²) in [4.78, 5) is 16.7. The summed E-state index contributed by atoms with van der Waals surface area (Å²) in [6, 6.07) is 3.90. The van der Waals surface area contributed by atoms with Gasteiger partial charge in [0.05, 0.1) is 18.6 Å². The fourth-order valence-corrected chi connectivity index (χ4v) is 5.97. The highest BCUT2D eigenvalue weighted by molar-refractivity contribution is 7.86. The minimum Gasteiger partial charge on any atom is -0.453 e. The molecule has 0 spiro atoms.